The van der Waals surface area contributed by atoms with Crippen LogP contribution >= 0.6 is 0 Å². The van der Waals surface area contributed by atoms with E-state index in [1.165, 1.54) is 5.56 Å². The van der Waals surface area contributed by atoms with Crippen molar-refractivity contribution < 1.29 is 4.74 Å². The summed E-state index contributed by atoms with van der Waals surface area (Å²) in [6.07, 6.45) is 10.3. The van der Waals surface area contributed by atoms with Crippen molar-refractivity contribution in [3.63, 3.8) is 0 Å². The lowest BCUT2D eigenvalue weighted by Gasteiger charge is -2.18. The van der Waals surface area contributed by atoms with E-state index in [9.17, 15) is 0 Å². The Balaban J connectivity index is 1.87. The van der Waals surface area contributed by atoms with E-state index in [1.54, 1.807) is 7.11 Å². The summed E-state index contributed by atoms with van der Waals surface area (Å²) < 4.78 is 5.50. The minimum absolute atomic E-state index is 0.299. The smallest absolute Gasteiger partial charge is 0.122 e. The summed E-state index contributed by atoms with van der Waals surface area (Å²) in [5, 5.41) is 3.40. The Morgan fingerprint density at radius 1 is 1.14 bits per heavy atom. The highest BCUT2D eigenvalue weighted by atomic mass is 16.5. The van der Waals surface area contributed by atoms with Crippen LogP contribution in [0.2, 0.25) is 0 Å². The predicted molar refractivity (Wildman–Crippen MR) is 91.4 cm³/mol. The zero-order chi connectivity index (χ0) is 15.4. The van der Waals surface area contributed by atoms with E-state index in [1.807, 2.05) is 42.5 Å². The third-order valence-corrected chi connectivity index (χ3v) is 3.73. The minimum Gasteiger partial charge on any atom is -0.496 e. The molecule has 0 heterocycles. The number of ether oxygens (including phenoxy) is 1. The highest BCUT2D eigenvalue weighted by Gasteiger charge is 2.14. The van der Waals surface area contributed by atoms with Crippen LogP contribution < -0.4 is 15.8 Å². The Hall–Kier alpha value is -2.68. The van der Waals surface area contributed by atoms with E-state index in [4.69, 9.17) is 10.5 Å². The van der Waals surface area contributed by atoms with E-state index in [-0.39, 0.29) is 0 Å². The molecule has 0 aromatic heterocycles. The number of nitrogens with one attached hydrogen (secondary N) is 1. The quantitative estimate of drug-likeness (QED) is 0.819. The molecule has 2 aromatic rings. The molecule has 22 heavy (non-hydrogen) atoms. The fourth-order valence-electron chi connectivity index (χ4n) is 2.57. The van der Waals surface area contributed by atoms with Gasteiger partial charge in [-0.1, -0.05) is 18.2 Å². The van der Waals surface area contributed by atoms with E-state index < -0.39 is 0 Å². The van der Waals surface area contributed by atoms with E-state index in [0.29, 0.717) is 5.92 Å². The number of benzene rings is 2. The summed E-state index contributed by atoms with van der Waals surface area (Å²) in [6, 6.07) is 13.9. The fraction of sp³-hybridized carbons (Fsp3) is 0.158. The second-order valence-corrected chi connectivity index (χ2v) is 5.28. The Morgan fingerprint density at radius 2 is 1.91 bits per heavy atom. The first kappa shape index (κ1) is 14.3. The lowest BCUT2D eigenvalue weighted by molar-refractivity contribution is 0.408. The SMILES string of the molecule is COc1ccc(Nc2ccc(N)cc2)cc1C1C=[C]C=CC1. The number of hydrogen-bond acceptors (Lipinski definition) is 3. The number of hydrogen-bond donors (Lipinski definition) is 2. The van der Waals surface area contributed by atoms with Crippen molar-refractivity contribution in [1.29, 1.82) is 0 Å². The lowest BCUT2D eigenvalue weighted by atomic mass is 9.91. The normalized spacial score (nSPS) is 16.5. The topological polar surface area (TPSA) is 47.3 Å². The molecular weight excluding hydrogens is 272 g/mol. The largest absolute Gasteiger partial charge is 0.496 e. The second-order valence-electron chi connectivity index (χ2n) is 5.28. The number of allylic oxidation sites excluding steroid dienone is 4. The number of anilines is 3. The van der Waals surface area contributed by atoms with Crippen molar-refractivity contribution in [2.45, 2.75) is 12.3 Å². The summed E-state index contributed by atoms with van der Waals surface area (Å²) in [5.41, 5.74) is 9.69. The van der Waals surface area contributed by atoms with Gasteiger partial charge in [-0.15, -0.1) is 0 Å². The van der Waals surface area contributed by atoms with Gasteiger partial charge in [-0.3, -0.25) is 0 Å². The summed E-state index contributed by atoms with van der Waals surface area (Å²) in [4.78, 5) is 0. The van der Waals surface area contributed by atoms with Crippen LogP contribution in [0.4, 0.5) is 17.1 Å². The first-order valence-electron chi connectivity index (χ1n) is 7.31. The monoisotopic (exact) mass is 291 g/mol. The Morgan fingerprint density at radius 3 is 2.59 bits per heavy atom. The van der Waals surface area contributed by atoms with Gasteiger partial charge >= 0.3 is 0 Å². The van der Waals surface area contributed by atoms with Crippen LogP contribution in [0.25, 0.3) is 0 Å². The minimum atomic E-state index is 0.299. The first-order chi connectivity index (χ1) is 10.8. The Labute approximate surface area is 131 Å². The number of methoxy groups -OCH3 is 1. The highest BCUT2D eigenvalue weighted by Crippen LogP contribution is 2.34. The molecule has 1 aliphatic rings. The van der Waals surface area contributed by atoms with Gasteiger partial charge in [0, 0.05) is 28.5 Å². The molecule has 1 unspecified atom stereocenters. The molecule has 0 saturated heterocycles. The highest BCUT2D eigenvalue weighted by molar-refractivity contribution is 5.64. The molecule has 111 valence electrons. The number of rotatable bonds is 4. The molecule has 3 heteroatoms. The van der Waals surface area contributed by atoms with Gasteiger partial charge in [0.2, 0.25) is 0 Å². The summed E-state index contributed by atoms with van der Waals surface area (Å²) in [7, 11) is 1.71. The molecular formula is C19H19N2O. The Bertz CT molecular complexity index is 702. The van der Waals surface area contributed by atoms with Gasteiger partial charge in [0.15, 0.2) is 0 Å². The maximum absolute atomic E-state index is 5.72. The molecule has 0 bridgehead atoms. The molecule has 3 nitrogen and oxygen atoms in total. The maximum atomic E-state index is 5.72. The zero-order valence-electron chi connectivity index (χ0n) is 12.5. The average Bonchev–Trinajstić information content (AvgIpc) is 2.58. The van der Waals surface area contributed by atoms with Gasteiger partial charge in [-0.25, -0.2) is 0 Å². The Kier molecular flexibility index (Phi) is 4.15. The third-order valence-electron chi connectivity index (χ3n) is 3.73. The first-order valence-corrected chi connectivity index (χ1v) is 7.31. The fourth-order valence-corrected chi connectivity index (χ4v) is 2.57. The van der Waals surface area contributed by atoms with Gasteiger partial charge in [-0.05, 0) is 55.0 Å². The maximum Gasteiger partial charge on any atom is 0.122 e. The van der Waals surface area contributed by atoms with Gasteiger partial charge in [0.1, 0.15) is 5.75 Å². The standard InChI is InChI=1S/C19H19N2O/c1-22-19-12-11-17(21-16-9-7-15(20)8-10-16)13-18(19)14-5-3-2-4-6-14/h2-3,6-14,21H,5,20H2,1H3. The number of nitrogens with two attached hydrogens (primary N) is 1. The van der Waals surface area contributed by atoms with Crippen LogP contribution in [0.3, 0.4) is 0 Å². The second kappa shape index (κ2) is 6.39. The van der Waals surface area contributed by atoms with Gasteiger partial charge in [0.25, 0.3) is 0 Å². The molecule has 3 rings (SSSR count). The van der Waals surface area contributed by atoms with E-state index in [2.05, 4.69) is 29.6 Å². The molecule has 2 aromatic carbocycles. The molecule has 0 aliphatic heterocycles. The van der Waals surface area contributed by atoms with Crippen molar-refractivity contribution in [2.24, 2.45) is 0 Å². The van der Waals surface area contributed by atoms with Crippen molar-refractivity contribution in [3.8, 4) is 5.75 Å². The van der Waals surface area contributed by atoms with Crippen molar-refractivity contribution in [2.75, 3.05) is 18.2 Å². The van der Waals surface area contributed by atoms with Crippen molar-refractivity contribution in [1.82, 2.24) is 0 Å². The van der Waals surface area contributed by atoms with Gasteiger partial charge in [0.05, 0.1) is 7.11 Å². The molecule has 0 spiro atoms. The van der Waals surface area contributed by atoms with Crippen LogP contribution in [-0.4, -0.2) is 7.11 Å². The molecule has 1 radical (unpaired) electrons. The van der Waals surface area contributed by atoms with Crippen molar-refractivity contribution >= 4 is 17.1 Å². The average molecular weight is 291 g/mol. The zero-order valence-corrected chi connectivity index (χ0v) is 12.5. The third kappa shape index (κ3) is 3.14. The van der Waals surface area contributed by atoms with Crippen LogP contribution in [-0.2, 0) is 0 Å². The lowest BCUT2D eigenvalue weighted by Crippen LogP contribution is -2.01. The molecule has 0 fully saturated rings. The molecule has 3 N–H and O–H groups in total. The summed E-state index contributed by atoms with van der Waals surface area (Å²) in [6.45, 7) is 0. The molecule has 0 saturated carbocycles. The molecule has 0 amide bonds. The predicted octanol–water partition coefficient (Wildman–Crippen LogP) is 4.42. The summed E-state index contributed by atoms with van der Waals surface area (Å²) >= 11 is 0. The number of nitrogen functional groups attached to an aromatic ring is 1. The van der Waals surface area contributed by atoms with Crippen LogP contribution in [0, 0.1) is 6.08 Å². The molecule has 1 atom stereocenters. The van der Waals surface area contributed by atoms with Crippen LogP contribution in [0.15, 0.2) is 60.7 Å². The van der Waals surface area contributed by atoms with Crippen molar-refractivity contribution in [3.05, 3.63) is 72.3 Å². The van der Waals surface area contributed by atoms with Gasteiger partial charge < -0.3 is 15.8 Å². The molecule has 1 aliphatic carbocycles. The van der Waals surface area contributed by atoms with Gasteiger partial charge in [-0.2, -0.15) is 0 Å². The van der Waals surface area contributed by atoms with Crippen LogP contribution in [0.1, 0.15) is 17.9 Å². The van der Waals surface area contributed by atoms with E-state index >= 15 is 0 Å². The summed E-state index contributed by atoms with van der Waals surface area (Å²) in [5.74, 6) is 1.20. The van der Waals surface area contributed by atoms with Crippen LogP contribution in [0.5, 0.6) is 5.75 Å². The van der Waals surface area contributed by atoms with E-state index in [0.717, 1.165) is 29.2 Å².